The average Bonchev–Trinajstić information content (AvgIpc) is 3.73. The Morgan fingerprint density at radius 2 is 1.63 bits per heavy atom. The molecule has 2 aromatic rings. The number of carbonyl (C=O) groups is 5. The van der Waals surface area contributed by atoms with Crippen molar-refractivity contribution in [3.05, 3.63) is 30.5 Å². The predicted molar refractivity (Wildman–Crippen MR) is 240 cm³/mol. The number of para-hydroxylation sites is 1. The van der Waals surface area contributed by atoms with E-state index in [1.165, 1.54) is 6.07 Å². The van der Waals surface area contributed by atoms with Crippen molar-refractivity contribution in [2.75, 3.05) is 26.7 Å². The molecule has 63 heavy (non-hydrogen) atoms. The number of ketones is 2. The van der Waals surface area contributed by atoms with Gasteiger partial charge in [0, 0.05) is 55.4 Å². The van der Waals surface area contributed by atoms with Crippen molar-refractivity contribution in [3.8, 4) is 0 Å². The van der Waals surface area contributed by atoms with Crippen molar-refractivity contribution in [1.29, 1.82) is 0 Å². The van der Waals surface area contributed by atoms with E-state index < -0.39 is 50.9 Å². The molecule has 14 heteroatoms. The Kier molecular flexibility index (Phi) is 12.0. The van der Waals surface area contributed by atoms with Gasteiger partial charge in [-0.25, -0.2) is 17.9 Å². The molecule has 2 saturated heterocycles. The number of carbonyl (C=O) groups excluding carboxylic acids is 5. The fraction of sp³-hybridized carbons (Fsp3) is 0.735. The number of hydrogen-bond acceptors (Lipinski definition) is 9. The molecule has 0 bridgehead atoms. The van der Waals surface area contributed by atoms with Crippen molar-refractivity contribution in [1.82, 2.24) is 24.8 Å². The first-order chi connectivity index (χ1) is 29.7. The third kappa shape index (κ3) is 7.94. The SMILES string of the molecule is CC[C@@H]1C[C@]1(CC(=O)[C@@H]1C[C@@]2(CN1C(=O)[C@@H](CC(=O)[C@@H](NC(=O)OC1CCN(C)CC1)C1CCCCC1)C(C)(C)C)C(C)(C)C21CCC1)C(=O)NS(=O)(=O)c1cccc2cc[nH]c12. The van der Waals surface area contributed by atoms with Gasteiger partial charge in [-0.15, -0.1) is 0 Å². The maximum absolute atomic E-state index is 15.4. The van der Waals surface area contributed by atoms with Gasteiger partial charge in [-0.2, -0.15) is 0 Å². The van der Waals surface area contributed by atoms with Gasteiger partial charge in [0.2, 0.25) is 11.8 Å². The molecule has 4 saturated carbocycles. The molecule has 1 aromatic carbocycles. The van der Waals surface area contributed by atoms with Crippen LogP contribution in [0, 0.1) is 44.8 Å². The van der Waals surface area contributed by atoms with Gasteiger partial charge in [0.1, 0.15) is 11.0 Å². The van der Waals surface area contributed by atoms with Crippen molar-refractivity contribution in [2.24, 2.45) is 44.8 Å². The van der Waals surface area contributed by atoms with E-state index in [0.29, 0.717) is 36.7 Å². The number of amides is 3. The Balaban J connectivity index is 1.05. The molecule has 2 spiro atoms. The van der Waals surface area contributed by atoms with Gasteiger partial charge in [-0.05, 0) is 98.6 Å². The quantitative estimate of drug-likeness (QED) is 0.173. The Morgan fingerprint density at radius 3 is 2.24 bits per heavy atom. The van der Waals surface area contributed by atoms with Crippen molar-refractivity contribution in [2.45, 2.75) is 161 Å². The number of Topliss-reactive ketones (excluding diaryl/α,β-unsaturated/α-hetero) is 2. The second kappa shape index (κ2) is 16.6. The number of nitrogens with one attached hydrogen (secondary N) is 3. The lowest BCUT2D eigenvalue weighted by Crippen LogP contribution is -2.51. The molecular weight excluding hydrogens is 819 g/mol. The standard InChI is InChI=1S/C49H71N5O8S/c1-8-33-27-47(33,43(58)52-63(60,61)39-17-12-16-32-18-23-50-41(32)39)29-38(56)36-28-49(46(5,6)48(49)21-13-22-48)30-54(36)42(57)35(45(2,3)4)26-37(55)40(31-14-10-9-11-15-31)51-44(59)62-34-19-24-53(7)25-20-34/h12,16-18,23,31,33-36,40,50H,8-11,13-15,19-22,24-30H2,1-7H3,(H,51,59)(H,52,58)/t33-,35-,36+,40+,47-,49-/m1/s1. The smallest absolute Gasteiger partial charge is 0.408 e. The lowest BCUT2D eigenvalue weighted by molar-refractivity contribution is -0.146. The van der Waals surface area contributed by atoms with Gasteiger partial charge in [0.05, 0.1) is 23.0 Å². The lowest BCUT2D eigenvalue weighted by Gasteiger charge is -2.37. The zero-order chi connectivity index (χ0) is 45.3. The number of H-pyrrole nitrogens is 1. The van der Waals surface area contributed by atoms with Crippen molar-refractivity contribution < 1.29 is 37.1 Å². The summed E-state index contributed by atoms with van der Waals surface area (Å²) in [5.41, 5.74) is -1.88. The molecule has 3 N–H and O–H groups in total. The van der Waals surface area contributed by atoms with Gasteiger partial charge in [-0.1, -0.05) is 85.8 Å². The summed E-state index contributed by atoms with van der Waals surface area (Å²) in [7, 11) is -2.24. The first-order valence-corrected chi connectivity index (χ1v) is 25.3. The Hall–Kier alpha value is -3.78. The molecule has 0 unspecified atom stereocenters. The van der Waals surface area contributed by atoms with Crippen molar-refractivity contribution in [3.63, 3.8) is 0 Å². The molecule has 0 radical (unpaired) electrons. The minimum Gasteiger partial charge on any atom is -0.446 e. The average molecular weight is 890 g/mol. The van der Waals surface area contributed by atoms with Crippen LogP contribution >= 0.6 is 0 Å². The van der Waals surface area contributed by atoms with Crippen LogP contribution in [0.3, 0.4) is 0 Å². The summed E-state index contributed by atoms with van der Waals surface area (Å²) in [6.07, 6.45) is 11.3. The minimum absolute atomic E-state index is 0.0121. The van der Waals surface area contributed by atoms with E-state index >= 15 is 9.59 Å². The maximum atomic E-state index is 15.4. The number of alkyl carbamates (subject to hydrolysis) is 1. The normalized spacial score (nSPS) is 29.2. The van der Waals surface area contributed by atoms with Crippen LogP contribution < -0.4 is 10.0 Å². The van der Waals surface area contributed by atoms with Gasteiger partial charge < -0.3 is 24.8 Å². The van der Waals surface area contributed by atoms with Gasteiger partial charge in [0.25, 0.3) is 10.0 Å². The number of piperidine rings is 1. The second-order valence-corrected chi connectivity index (χ2v) is 23.7. The van der Waals surface area contributed by atoms with Crippen LogP contribution in [-0.4, -0.2) is 97.5 Å². The van der Waals surface area contributed by atoms with Crippen molar-refractivity contribution >= 4 is 50.4 Å². The van der Waals surface area contributed by atoms with Gasteiger partial charge in [0.15, 0.2) is 11.6 Å². The number of aromatic amines is 1. The molecule has 3 amide bonds. The van der Waals surface area contributed by atoms with Gasteiger partial charge >= 0.3 is 6.09 Å². The highest BCUT2D eigenvalue weighted by molar-refractivity contribution is 7.90. The fourth-order valence-corrected chi connectivity index (χ4v) is 14.5. The molecule has 1 aromatic heterocycles. The summed E-state index contributed by atoms with van der Waals surface area (Å²) in [6.45, 7) is 14.4. The zero-order valence-electron chi connectivity index (χ0n) is 38.6. The van der Waals surface area contributed by atoms with Gasteiger partial charge in [-0.3, -0.25) is 19.2 Å². The molecule has 2 aliphatic heterocycles. The first-order valence-electron chi connectivity index (χ1n) is 23.9. The molecule has 4 aliphatic carbocycles. The number of aromatic nitrogens is 1. The van der Waals surface area contributed by atoms with E-state index in [0.717, 1.165) is 77.3 Å². The number of fused-ring (bicyclic) bond motifs is 2. The topological polar surface area (TPSA) is 175 Å². The number of likely N-dealkylation sites (tertiary alicyclic amines) is 2. The predicted octanol–water partition coefficient (Wildman–Crippen LogP) is 7.54. The van der Waals surface area contributed by atoms with Crippen LogP contribution in [0.2, 0.25) is 0 Å². The third-order valence-corrected chi connectivity index (χ3v) is 19.0. The Bertz CT molecular complexity index is 2230. The number of rotatable bonds is 14. The summed E-state index contributed by atoms with van der Waals surface area (Å²) in [5.74, 6) is -2.39. The van der Waals surface area contributed by atoms with E-state index in [9.17, 15) is 22.8 Å². The number of hydrogen-bond donors (Lipinski definition) is 3. The van der Waals surface area contributed by atoms with Crippen LogP contribution in [0.4, 0.5) is 4.79 Å². The van der Waals surface area contributed by atoms with Crippen LogP contribution in [0.5, 0.6) is 0 Å². The maximum Gasteiger partial charge on any atom is 0.408 e. The molecular formula is C49H71N5O8S. The Labute approximate surface area is 374 Å². The van der Waals surface area contributed by atoms with Crippen LogP contribution in [0.25, 0.3) is 10.9 Å². The molecule has 8 rings (SSSR count). The van der Waals surface area contributed by atoms with Crippen LogP contribution in [0.15, 0.2) is 35.4 Å². The lowest BCUT2D eigenvalue weighted by atomic mass is 9.73. The number of sulfonamides is 1. The van der Waals surface area contributed by atoms with Crippen LogP contribution in [-0.2, 0) is 33.9 Å². The summed E-state index contributed by atoms with van der Waals surface area (Å²) < 4.78 is 35.8. The molecule has 13 nitrogen and oxygen atoms in total. The number of ether oxygens (including phenoxy) is 1. The van der Waals surface area contributed by atoms with E-state index in [-0.39, 0.29) is 69.4 Å². The molecule has 6 atom stereocenters. The largest absolute Gasteiger partial charge is 0.446 e. The highest BCUT2D eigenvalue weighted by Crippen LogP contribution is 2.88. The number of benzene rings is 1. The Morgan fingerprint density at radius 1 is 0.937 bits per heavy atom. The summed E-state index contributed by atoms with van der Waals surface area (Å²) in [6, 6.07) is 5.03. The van der Waals surface area contributed by atoms with E-state index in [1.54, 1.807) is 29.3 Å². The van der Waals surface area contributed by atoms with E-state index in [1.807, 2.05) is 34.7 Å². The van der Waals surface area contributed by atoms with E-state index in [2.05, 4.69) is 33.8 Å². The highest BCUT2D eigenvalue weighted by Gasteiger charge is 2.85. The minimum atomic E-state index is -4.29. The summed E-state index contributed by atoms with van der Waals surface area (Å²) >= 11 is 0. The summed E-state index contributed by atoms with van der Waals surface area (Å²) in [4.78, 5) is 79.8. The monoisotopic (exact) mass is 890 g/mol. The third-order valence-electron chi connectivity index (χ3n) is 17.6. The molecule has 6 fully saturated rings. The zero-order valence-corrected chi connectivity index (χ0v) is 39.5. The van der Waals surface area contributed by atoms with Crippen LogP contribution in [0.1, 0.15) is 138 Å². The molecule has 3 heterocycles. The first kappa shape index (κ1) is 45.8. The van der Waals surface area contributed by atoms with E-state index in [4.69, 9.17) is 4.74 Å². The molecule has 6 aliphatic rings. The molecule has 346 valence electrons. The number of nitrogens with zero attached hydrogens (tertiary/aromatic N) is 2. The summed E-state index contributed by atoms with van der Waals surface area (Å²) in [5, 5.41) is 3.69. The highest BCUT2D eigenvalue weighted by atomic mass is 32.2. The second-order valence-electron chi connectivity index (χ2n) is 22.1. The fourth-order valence-electron chi connectivity index (χ4n) is 13.2.